The molecule has 3 N–H and O–H groups in total. The Labute approximate surface area is 226 Å². The molecule has 0 saturated carbocycles. The van der Waals surface area contributed by atoms with Gasteiger partial charge in [-0.25, -0.2) is 9.18 Å². The molecule has 210 valence electrons. The predicted molar refractivity (Wildman–Crippen MR) is 144 cm³/mol. The Balaban J connectivity index is 1.73. The number of benzene rings is 1. The van der Waals surface area contributed by atoms with E-state index in [9.17, 15) is 9.90 Å². The van der Waals surface area contributed by atoms with Gasteiger partial charge in [0.25, 0.3) is 0 Å². The first-order valence-electron chi connectivity index (χ1n) is 13.9. The number of likely N-dealkylation sites (tertiary alicyclic amines) is 1. The van der Waals surface area contributed by atoms with Crippen molar-refractivity contribution in [3.63, 3.8) is 0 Å². The number of rotatable bonds is 12. The van der Waals surface area contributed by atoms with Crippen molar-refractivity contribution in [3.8, 4) is 0 Å². The summed E-state index contributed by atoms with van der Waals surface area (Å²) in [5.74, 6) is -0.904. The molecule has 2 aliphatic rings. The number of ether oxygens (including phenoxy) is 2. The molecule has 0 bridgehead atoms. The molecule has 2 saturated heterocycles. The molecule has 0 aromatic heterocycles. The van der Waals surface area contributed by atoms with Gasteiger partial charge in [0, 0.05) is 44.8 Å². The number of carbonyl (C=O) groups excluding carboxylic acids is 1. The van der Waals surface area contributed by atoms with Gasteiger partial charge in [-0.05, 0) is 64.0 Å². The summed E-state index contributed by atoms with van der Waals surface area (Å²) in [6.45, 7) is 7.28. The molecule has 2 unspecified atom stereocenters. The van der Waals surface area contributed by atoms with E-state index in [4.69, 9.17) is 21.1 Å². The number of hydrogen-bond acceptors (Lipinski definition) is 5. The van der Waals surface area contributed by atoms with Crippen LogP contribution in [-0.2, 0) is 15.1 Å². The Bertz CT molecular complexity index is 859. The smallest absolute Gasteiger partial charge is 0.317 e. The molecule has 0 aliphatic carbocycles. The second-order valence-corrected chi connectivity index (χ2v) is 10.8. The van der Waals surface area contributed by atoms with Gasteiger partial charge in [-0.15, -0.1) is 0 Å². The van der Waals surface area contributed by atoms with Crippen molar-refractivity contribution in [2.75, 3.05) is 39.9 Å². The Kier molecular flexibility index (Phi) is 11.9. The molecule has 1 aromatic rings. The van der Waals surface area contributed by atoms with Crippen molar-refractivity contribution in [1.29, 1.82) is 0 Å². The average molecular weight is 542 g/mol. The van der Waals surface area contributed by atoms with Gasteiger partial charge >= 0.3 is 6.03 Å². The number of aliphatic hydroxyl groups is 1. The number of nitrogens with one attached hydrogen (secondary N) is 2. The number of nitrogens with zero attached hydrogens (tertiary/aromatic N) is 1. The summed E-state index contributed by atoms with van der Waals surface area (Å²) in [5.41, 5.74) is -1.23. The van der Waals surface area contributed by atoms with Crippen LogP contribution in [0.3, 0.4) is 0 Å². The first-order valence-corrected chi connectivity index (χ1v) is 14.3. The highest BCUT2D eigenvalue weighted by Gasteiger charge is 2.43. The molecule has 2 amide bonds. The molecule has 1 aromatic carbocycles. The minimum Gasteiger partial charge on any atom is -0.385 e. The van der Waals surface area contributed by atoms with E-state index in [0.717, 1.165) is 38.6 Å². The zero-order chi connectivity index (χ0) is 26.8. The van der Waals surface area contributed by atoms with Gasteiger partial charge < -0.3 is 30.1 Å². The predicted octanol–water partition coefficient (Wildman–Crippen LogP) is 4.84. The quantitative estimate of drug-likeness (QED) is 0.330. The van der Waals surface area contributed by atoms with Crippen molar-refractivity contribution < 1.29 is 23.8 Å². The van der Waals surface area contributed by atoms with Gasteiger partial charge in [0.15, 0.2) is 0 Å². The highest BCUT2D eigenvalue weighted by atomic mass is 35.5. The molecule has 2 fully saturated rings. The molecule has 3 rings (SSSR count). The summed E-state index contributed by atoms with van der Waals surface area (Å²) < 4.78 is 26.7. The lowest BCUT2D eigenvalue weighted by molar-refractivity contribution is -0.0605. The Morgan fingerprint density at radius 2 is 2.11 bits per heavy atom. The largest absolute Gasteiger partial charge is 0.385 e. The van der Waals surface area contributed by atoms with E-state index in [2.05, 4.69) is 24.5 Å². The van der Waals surface area contributed by atoms with Crippen molar-refractivity contribution in [1.82, 2.24) is 15.5 Å². The number of piperidine rings is 2. The van der Waals surface area contributed by atoms with E-state index in [1.165, 1.54) is 6.07 Å². The number of urea groups is 1. The lowest BCUT2D eigenvalue weighted by Crippen LogP contribution is -2.59. The van der Waals surface area contributed by atoms with Crippen LogP contribution in [0.5, 0.6) is 0 Å². The standard InChI is InChI=1S/C28H45ClFN3O4/c1-4-21(5-2)37-25-13-15-31-18-24(25)32-27(34)33-16-9-10-20(19-33)28(35,14-6-7-17-36-3)22-11-8-12-23(29)26(22)30/h8,11-12,20-21,24-25,31,35H,4-7,9-10,13-19H2,1-3H3,(H,32,34)/t20-,24?,25?,28+/m1/s1. The topological polar surface area (TPSA) is 83.1 Å². The molecule has 37 heavy (non-hydrogen) atoms. The molecule has 9 heteroatoms. The van der Waals surface area contributed by atoms with Gasteiger partial charge in [0.2, 0.25) is 0 Å². The maximum Gasteiger partial charge on any atom is 0.317 e. The maximum atomic E-state index is 15.2. The molecule has 4 atom stereocenters. The lowest BCUT2D eigenvalue weighted by Gasteiger charge is -2.43. The number of unbranched alkanes of at least 4 members (excludes halogenated alkanes) is 1. The summed E-state index contributed by atoms with van der Waals surface area (Å²) >= 11 is 6.10. The third-order valence-electron chi connectivity index (χ3n) is 7.96. The minimum atomic E-state index is -1.44. The number of halogens is 2. The van der Waals surface area contributed by atoms with E-state index >= 15 is 4.39 Å². The second kappa shape index (κ2) is 14.6. The normalized spacial score (nSPS) is 24.2. The first-order chi connectivity index (χ1) is 17.8. The first kappa shape index (κ1) is 30.1. The van der Waals surface area contributed by atoms with E-state index in [0.29, 0.717) is 45.5 Å². The summed E-state index contributed by atoms with van der Waals surface area (Å²) in [4.78, 5) is 15.2. The van der Waals surface area contributed by atoms with E-state index < -0.39 is 11.4 Å². The summed E-state index contributed by atoms with van der Waals surface area (Å²) in [7, 11) is 1.64. The van der Waals surface area contributed by atoms with E-state index in [-0.39, 0.29) is 40.8 Å². The third kappa shape index (κ3) is 7.79. The van der Waals surface area contributed by atoms with Crippen LogP contribution in [0.1, 0.15) is 70.8 Å². The summed E-state index contributed by atoms with van der Waals surface area (Å²) in [5, 5.41) is 18.5. The SMILES string of the molecule is CCC(CC)OC1CCNCC1NC(=O)N1CCC[C@@H]([C@@](O)(CCCCOC)c2cccc(Cl)c2F)C1. The van der Waals surface area contributed by atoms with Crippen molar-refractivity contribution in [2.45, 2.75) is 89.1 Å². The number of hydrogen-bond donors (Lipinski definition) is 3. The van der Waals surface area contributed by atoms with Gasteiger partial charge in [0.05, 0.1) is 28.9 Å². The van der Waals surface area contributed by atoms with Crippen LogP contribution >= 0.6 is 11.6 Å². The number of methoxy groups -OCH3 is 1. The molecule has 2 heterocycles. The molecule has 7 nitrogen and oxygen atoms in total. The van der Waals surface area contributed by atoms with E-state index in [1.807, 2.05) is 0 Å². The fraction of sp³-hybridized carbons (Fsp3) is 0.750. The van der Waals surface area contributed by atoms with Gasteiger partial charge in [-0.1, -0.05) is 37.6 Å². The molecular weight excluding hydrogens is 497 g/mol. The minimum absolute atomic E-state index is 0.00784. The maximum absolute atomic E-state index is 15.2. The van der Waals surface area contributed by atoms with Crippen LogP contribution in [0.2, 0.25) is 5.02 Å². The molecular formula is C28H45ClFN3O4. The monoisotopic (exact) mass is 541 g/mol. The fourth-order valence-electron chi connectivity index (χ4n) is 5.71. The van der Waals surface area contributed by atoms with Crippen LogP contribution in [0.15, 0.2) is 18.2 Å². The van der Waals surface area contributed by atoms with Crippen molar-refractivity contribution in [3.05, 3.63) is 34.6 Å². The van der Waals surface area contributed by atoms with Crippen LogP contribution in [0.25, 0.3) is 0 Å². The van der Waals surface area contributed by atoms with Gasteiger partial charge in [-0.3, -0.25) is 0 Å². The number of carbonyl (C=O) groups is 1. The van der Waals surface area contributed by atoms with Crippen LogP contribution in [0.4, 0.5) is 9.18 Å². The Hall–Kier alpha value is -1.45. The zero-order valence-electron chi connectivity index (χ0n) is 22.6. The van der Waals surface area contributed by atoms with E-state index in [1.54, 1.807) is 24.1 Å². The fourth-order valence-corrected chi connectivity index (χ4v) is 5.88. The average Bonchev–Trinajstić information content (AvgIpc) is 2.92. The summed E-state index contributed by atoms with van der Waals surface area (Å²) in [6.07, 6.45) is 6.10. The summed E-state index contributed by atoms with van der Waals surface area (Å²) in [6, 6.07) is 4.49. The molecule has 2 aliphatic heterocycles. The van der Waals surface area contributed by atoms with Crippen LogP contribution in [0, 0.1) is 11.7 Å². The zero-order valence-corrected chi connectivity index (χ0v) is 23.4. The Morgan fingerprint density at radius 1 is 1.32 bits per heavy atom. The van der Waals surface area contributed by atoms with Gasteiger partial charge in [-0.2, -0.15) is 0 Å². The van der Waals surface area contributed by atoms with Crippen LogP contribution in [-0.4, -0.2) is 74.2 Å². The highest BCUT2D eigenvalue weighted by molar-refractivity contribution is 6.30. The second-order valence-electron chi connectivity index (χ2n) is 10.4. The van der Waals surface area contributed by atoms with Crippen molar-refractivity contribution >= 4 is 17.6 Å². The Morgan fingerprint density at radius 3 is 2.84 bits per heavy atom. The highest BCUT2D eigenvalue weighted by Crippen LogP contribution is 2.42. The molecule has 0 spiro atoms. The molecule has 0 radical (unpaired) electrons. The van der Waals surface area contributed by atoms with Crippen molar-refractivity contribution in [2.24, 2.45) is 5.92 Å². The third-order valence-corrected chi connectivity index (χ3v) is 8.26. The van der Waals surface area contributed by atoms with Gasteiger partial charge in [0.1, 0.15) is 5.82 Å². The van der Waals surface area contributed by atoms with Crippen LogP contribution < -0.4 is 10.6 Å². The lowest BCUT2D eigenvalue weighted by atomic mass is 9.74. The number of amides is 2.